The van der Waals surface area contributed by atoms with Crippen LogP contribution in [0.3, 0.4) is 0 Å². The second-order valence-corrected chi connectivity index (χ2v) is 11.3. The summed E-state index contributed by atoms with van der Waals surface area (Å²) in [6.07, 6.45) is 0.0833. The van der Waals surface area contributed by atoms with Crippen LogP contribution in [0, 0.1) is 5.95 Å². The van der Waals surface area contributed by atoms with Gasteiger partial charge in [-0.1, -0.05) is 39.0 Å². The molecular formula is C28H35F3N4O3. The summed E-state index contributed by atoms with van der Waals surface area (Å²) in [5, 5.41) is 15.8. The number of anilines is 1. The first-order valence-electron chi connectivity index (χ1n) is 13.0. The van der Waals surface area contributed by atoms with Crippen LogP contribution in [0.5, 0.6) is 0 Å². The molecule has 1 aliphatic heterocycles. The molecule has 1 saturated heterocycles. The molecule has 1 aromatic heterocycles. The number of halogens is 3. The third kappa shape index (κ3) is 6.35. The smallest absolute Gasteiger partial charge is 0.248 e. The first kappa shape index (κ1) is 28.0. The number of nitrogens with one attached hydrogen (secondary N) is 2. The zero-order valence-corrected chi connectivity index (χ0v) is 21.9. The molecule has 3 atom stereocenters. The minimum absolute atomic E-state index is 0.0750. The lowest BCUT2D eigenvalue weighted by molar-refractivity contribution is -0.128. The summed E-state index contributed by atoms with van der Waals surface area (Å²) in [5.41, 5.74) is 1.09. The van der Waals surface area contributed by atoms with Crippen LogP contribution in [-0.4, -0.2) is 52.6 Å². The lowest BCUT2D eigenvalue weighted by Crippen LogP contribution is -2.52. The van der Waals surface area contributed by atoms with Gasteiger partial charge in [-0.05, 0) is 48.4 Å². The SMILES string of the molecule is CC(C)(C)c1ccc(N(C(=O)C2CC(O)CN2)C(C(=O)NC2CCC(F)(F)CC2)c2cccnc2F)cc1. The van der Waals surface area contributed by atoms with Crippen molar-refractivity contribution in [3.63, 3.8) is 0 Å². The summed E-state index contributed by atoms with van der Waals surface area (Å²) in [6, 6.07) is 7.21. The Labute approximate surface area is 220 Å². The predicted octanol–water partition coefficient (Wildman–Crippen LogP) is 4.01. The van der Waals surface area contributed by atoms with Crippen molar-refractivity contribution in [1.82, 2.24) is 15.6 Å². The third-order valence-electron chi connectivity index (χ3n) is 7.31. The highest BCUT2D eigenvalue weighted by Gasteiger charge is 2.42. The Bertz CT molecular complexity index is 1140. The van der Waals surface area contributed by atoms with E-state index < -0.39 is 47.9 Å². The van der Waals surface area contributed by atoms with Crippen LogP contribution in [0.4, 0.5) is 18.9 Å². The van der Waals surface area contributed by atoms with E-state index in [9.17, 15) is 23.5 Å². The standard InChI is InChI=1S/C28H35F3N4O3/c1-27(2,3)17-6-8-19(9-7-17)35(26(38)22-15-20(36)16-33-22)23(21-5-4-14-32-24(21)29)25(37)34-18-10-12-28(30,31)13-11-18/h4-9,14,18,20,22-23,33,36H,10-13,15-16H2,1-3H3,(H,34,37). The highest BCUT2D eigenvalue weighted by atomic mass is 19.3. The monoisotopic (exact) mass is 532 g/mol. The van der Waals surface area contributed by atoms with Crippen LogP contribution in [-0.2, 0) is 15.0 Å². The van der Waals surface area contributed by atoms with Gasteiger partial charge in [0.05, 0.1) is 12.1 Å². The summed E-state index contributed by atoms with van der Waals surface area (Å²) in [5.74, 6) is -4.88. The summed E-state index contributed by atoms with van der Waals surface area (Å²) >= 11 is 0. The number of carbonyl (C=O) groups excluding carboxylic acids is 2. The van der Waals surface area contributed by atoms with E-state index in [4.69, 9.17) is 0 Å². The van der Waals surface area contributed by atoms with E-state index in [0.29, 0.717) is 5.69 Å². The second kappa shape index (κ2) is 11.0. The normalized spacial score (nSPS) is 22.6. The maximum absolute atomic E-state index is 15.1. The average Bonchev–Trinajstić information content (AvgIpc) is 3.30. The fraction of sp³-hybridized carbons (Fsp3) is 0.536. The number of carbonyl (C=O) groups is 2. The van der Waals surface area contributed by atoms with Gasteiger partial charge in [-0.25, -0.2) is 13.8 Å². The Balaban J connectivity index is 1.75. The largest absolute Gasteiger partial charge is 0.392 e. The molecule has 2 heterocycles. The van der Waals surface area contributed by atoms with Gasteiger partial charge in [0.1, 0.15) is 6.04 Å². The minimum Gasteiger partial charge on any atom is -0.392 e. The summed E-state index contributed by atoms with van der Waals surface area (Å²) in [4.78, 5) is 32.6. The van der Waals surface area contributed by atoms with Gasteiger partial charge in [0.25, 0.3) is 0 Å². The second-order valence-electron chi connectivity index (χ2n) is 11.3. The van der Waals surface area contributed by atoms with E-state index in [1.807, 2.05) is 32.9 Å². The third-order valence-corrected chi connectivity index (χ3v) is 7.31. The van der Waals surface area contributed by atoms with Crippen LogP contribution < -0.4 is 15.5 Å². The number of aliphatic hydroxyl groups is 1. The lowest BCUT2D eigenvalue weighted by Gasteiger charge is -2.35. The van der Waals surface area contributed by atoms with Gasteiger partial charge >= 0.3 is 0 Å². The molecule has 3 unspecified atom stereocenters. The van der Waals surface area contributed by atoms with Gasteiger partial charge in [0, 0.05) is 42.9 Å². The van der Waals surface area contributed by atoms with Crippen LogP contribution in [0.15, 0.2) is 42.6 Å². The van der Waals surface area contributed by atoms with Crippen molar-refractivity contribution in [3.8, 4) is 0 Å². The highest BCUT2D eigenvalue weighted by Crippen LogP contribution is 2.35. The van der Waals surface area contributed by atoms with Crippen molar-refractivity contribution >= 4 is 17.5 Å². The number of aliphatic hydroxyl groups excluding tert-OH is 1. The zero-order chi connectivity index (χ0) is 27.7. The van der Waals surface area contributed by atoms with Crippen molar-refractivity contribution in [1.29, 1.82) is 0 Å². The van der Waals surface area contributed by atoms with E-state index in [2.05, 4.69) is 15.6 Å². The van der Waals surface area contributed by atoms with Gasteiger partial charge in [0.15, 0.2) is 0 Å². The van der Waals surface area contributed by atoms with Crippen LogP contribution in [0.2, 0.25) is 0 Å². The van der Waals surface area contributed by atoms with E-state index in [-0.39, 0.29) is 49.6 Å². The molecule has 206 valence electrons. The molecule has 38 heavy (non-hydrogen) atoms. The fourth-order valence-corrected chi connectivity index (χ4v) is 5.06. The molecule has 1 aliphatic carbocycles. The number of β-amino-alcohol motifs (C(OH)–C–C–N with tert-alkyl or cyclic N) is 1. The van der Waals surface area contributed by atoms with E-state index >= 15 is 4.39 Å². The highest BCUT2D eigenvalue weighted by molar-refractivity contribution is 6.04. The molecule has 3 N–H and O–H groups in total. The molecule has 2 amide bonds. The number of alkyl halides is 2. The fourth-order valence-electron chi connectivity index (χ4n) is 5.06. The Morgan fingerprint density at radius 2 is 1.82 bits per heavy atom. The number of nitrogens with zero attached hydrogens (tertiary/aromatic N) is 2. The molecule has 1 aromatic carbocycles. The van der Waals surface area contributed by atoms with E-state index in [0.717, 1.165) is 5.56 Å². The maximum atomic E-state index is 15.1. The summed E-state index contributed by atoms with van der Waals surface area (Å²) in [7, 11) is 0. The number of hydrogen-bond acceptors (Lipinski definition) is 5. The molecule has 1 saturated carbocycles. The molecule has 2 fully saturated rings. The predicted molar refractivity (Wildman–Crippen MR) is 137 cm³/mol. The summed E-state index contributed by atoms with van der Waals surface area (Å²) in [6.45, 7) is 6.35. The molecule has 2 aromatic rings. The van der Waals surface area contributed by atoms with Crippen LogP contribution >= 0.6 is 0 Å². The first-order chi connectivity index (χ1) is 17.9. The Morgan fingerprint density at radius 3 is 2.37 bits per heavy atom. The van der Waals surface area contributed by atoms with Gasteiger partial charge in [-0.15, -0.1) is 0 Å². The Kier molecular flexibility index (Phi) is 8.13. The van der Waals surface area contributed by atoms with Gasteiger partial charge in [-0.2, -0.15) is 4.39 Å². The van der Waals surface area contributed by atoms with Gasteiger partial charge < -0.3 is 15.7 Å². The number of aromatic nitrogens is 1. The number of amides is 2. The maximum Gasteiger partial charge on any atom is 0.248 e. The molecule has 2 aliphatic rings. The van der Waals surface area contributed by atoms with E-state index in [1.165, 1.54) is 23.2 Å². The zero-order valence-electron chi connectivity index (χ0n) is 21.9. The van der Waals surface area contributed by atoms with Crippen molar-refractivity contribution in [2.45, 2.75) is 88.4 Å². The Morgan fingerprint density at radius 1 is 1.16 bits per heavy atom. The molecule has 10 heteroatoms. The molecule has 0 spiro atoms. The number of rotatable bonds is 6. The van der Waals surface area contributed by atoms with Crippen molar-refractivity contribution in [3.05, 3.63) is 59.7 Å². The number of hydrogen-bond donors (Lipinski definition) is 3. The number of pyridine rings is 1. The quantitative estimate of drug-likeness (QED) is 0.489. The van der Waals surface area contributed by atoms with Crippen molar-refractivity contribution in [2.24, 2.45) is 0 Å². The summed E-state index contributed by atoms with van der Waals surface area (Å²) < 4.78 is 42.5. The molecule has 0 bridgehead atoms. The molecule has 0 radical (unpaired) electrons. The van der Waals surface area contributed by atoms with Gasteiger partial charge in [-0.3, -0.25) is 14.5 Å². The molecule has 4 rings (SSSR count). The minimum atomic E-state index is -2.78. The lowest BCUT2D eigenvalue weighted by atomic mass is 9.87. The molecular weight excluding hydrogens is 497 g/mol. The van der Waals surface area contributed by atoms with Crippen LogP contribution in [0.1, 0.15) is 70.0 Å². The topological polar surface area (TPSA) is 94.6 Å². The van der Waals surface area contributed by atoms with E-state index in [1.54, 1.807) is 12.1 Å². The molecule has 7 nitrogen and oxygen atoms in total. The number of benzene rings is 1. The van der Waals surface area contributed by atoms with Crippen molar-refractivity contribution < 1.29 is 27.9 Å². The van der Waals surface area contributed by atoms with Crippen LogP contribution in [0.25, 0.3) is 0 Å². The Hall–Kier alpha value is -2.98. The van der Waals surface area contributed by atoms with Crippen molar-refractivity contribution in [2.75, 3.05) is 11.4 Å². The average molecular weight is 533 g/mol. The first-order valence-corrected chi connectivity index (χ1v) is 13.0. The van der Waals surface area contributed by atoms with Gasteiger partial charge in [0.2, 0.25) is 23.7 Å².